The highest BCUT2D eigenvalue weighted by molar-refractivity contribution is 5.83. The van der Waals surface area contributed by atoms with Gasteiger partial charge in [-0.25, -0.2) is 9.86 Å². The Labute approximate surface area is 187 Å². The van der Waals surface area contributed by atoms with E-state index < -0.39 is 12.2 Å². The van der Waals surface area contributed by atoms with Crippen LogP contribution in [-0.2, 0) is 14.4 Å². The highest BCUT2D eigenvalue weighted by atomic mass is 16.7. The number of benzene rings is 3. The zero-order valence-electron chi connectivity index (χ0n) is 18.5. The van der Waals surface area contributed by atoms with Crippen LogP contribution in [0.25, 0.3) is 10.8 Å². The SMILES string of the molecule is CON(C)C(=O)CO[C@H](c1ccccc1)[C@@H](CN(C)C(=O)O)c1ccc2ccccc2c1. The van der Waals surface area contributed by atoms with Crippen molar-refractivity contribution in [2.75, 3.05) is 34.4 Å². The van der Waals surface area contributed by atoms with E-state index in [0.717, 1.165) is 27.0 Å². The minimum atomic E-state index is -1.03. The van der Waals surface area contributed by atoms with Crippen LogP contribution >= 0.6 is 0 Å². The van der Waals surface area contributed by atoms with Gasteiger partial charge in [0.2, 0.25) is 0 Å². The number of fused-ring (bicyclic) bond motifs is 1. The molecule has 0 saturated carbocycles. The van der Waals surface area contributed by atoms with Crippen molar-refractivity contribution in [3.63, 3.8) is 0 Å². The standard InChI is InChI=1S/C25H28N2O5/c1-26(25(29)30)16-22(21-14-13-18-9-7-8-12-20(18)15-21)24(19-10-5-4-6-11-19)32-17-23(28)27(2)31-3/h4-15,22,24H,16-17H2,1-3H3,(H,29,30)/t22-,24+/m0/s1. The summed E-state index contributed by atoms with van der Waals surface area (Å²) in [5.74, 6) is -0.680. The fourth-order valence-corrected chi connectivity index (χ4v) is 3.63. The zero-order valence-corrected chi connectivity index (χ0v) is 18.5. The first-order valence-electron chi connectivity index (χ1n) is 10.3. The van der Waals surface area contributed by atoms with Crippen LogP contribution in [0, 0.1) is 0 Å². The van der Waals surface area contributed by atoms with Gasteiger partial charge in [0, 0.05) is 26.6 Å². The fourth-order valence-electron chi connectivity index (χ4n) is 3.63. The molecule has 0 saturated heterocycles. The van der Waals surface area contributed by atoms with Gasteiger partial charge in [-0.2, -0.15) is 0 Å². The van der Waals surface area contributed by atoms with Crippen molar-refractivity contribution in [1.82, 2.24) is 9.96 Å². The summed E-state index contributed by atoms with van der Waals surface area (Å²) in [6.07, 6.45) is -1.58. The number of carbonyl (C=O) groups is 2. The maximum Gasteiger partial charge on any atom is 0.407 e. The molecule has 3 aromatic carbocycles. The van der Waals surface area contributed by atoms with Crippen molar-refractivity contribution in [3.8, 4) is 0 Å². The van der Waals surface area contributed by atoms with E-state index in [0.29, 0.717) is 0 Å². The van der Waals surface area contributed by atoms with E-state index in [1.807, 2.05) is 66.7 Å². The third-order valence-corrected chi connectivity index (χ3v) is 5.50. The summed E-state index contributed by atoms with van der Waals surface area (Å²) in [6.45, 7) is -0.00763. The molecule has 0 aliphatic heterocycles. The van der Waals surface area contributed by atoms with Gasteiger partial charge in [-0.1, -0.05) is 72.8 Å². The molecule has 7 heteroatoms. The summed E-state index contributed by atoms with van der Waals surface area (Å²) in [4.78, 5) is 30.2. The Morgan fingerprint density at radius 2 is 1.56 bits per heavy atom. The Hall–Kier alpha value is -3.42. The van der Waals surface area contributed by atoms with Crippen LogP contribution in [0.4, 0.5) is 4.79 Å². The van der Waals surface area contributed by atoms with Gasteiger partial charge in [0.05, 0.1) is 13.2 Å². The van der Waals surface area contributed by atoms with Gasteiger partial charge in [0.15, 0.2) is 0 Å². The monoisotopic (exact) mass is 436 g/mol. The van der Waals surface area contributed by atoms with Crippen LogP contribution in [0.2, 0.25) is 0 Å². The van der Waals surface area contributed by atoms with Gasteiger partial charge in [-0.05, 0) is 21.9 Å². The van der Waals surface area contributed by atoms with Gasteiger partial charge < -0.3 is 14.7 Å². The highest BCUT2D eigenvalue weighted by Gasteiger charge is 2.29. The number of rotatable bonds is 9. The summed E-state index contributed by atoms with van der Waals surface area (Å²) in [7, 11) is 4.46. The first-order valence-corrected chi connectivity index (χ1v) is 10.3. The lowest BCUT2D eigenvalue weighted by Crippen LogP contribution is -2.34. The number of hydrogen-bond acceptors (Lipinski definition) is 4. The summed E-state index contributed by atoms with van der Waals surface area (Å²) in [5.41, 5.74) is 1.79. The number of hydrogen-bond donors (Lipinski definition) is 1. The molecule has 2 atom stereocenters. The maximum atomic E-state index is 12.3. The Balaban J connectivity index is 2.02. The smallest absolute Gasteiger partial charge is 0.407 e. The molecule has 0 bridgehead atoms. The number of likely N-dealkylation sites (N-methyl/N-ethyl adjacent to an activating group) is 2. The molecule has 0 heterocycles. The predicted molar refractivity (Wildman–Crippen MR) is 122 cm³/mol. The molecule has 0 fully saturated rings. The number of amides is 2. The molecule has 32 heavy (non-hydrogen) atoms. The average molecular weight is 437 g/mol. The van der Waals surface area contributed by atoms with Crippen LogP contribution in [0.1, 0.15) is 23.1 Å². The number of carbonyl (C=O) groups excluding carboxylic acids is 1. The Morgan fingerprint density at radius 1 is 0.906 bits per heavy atom. The Morgan fingerprint density at radius 3 is 2.22 bits per heavy atom. The van der Waals surface area contributed by atoms with Crippen LogP contribution in [0.3, 0.4) is 0 Å². The minimum absolute atomic E-state index is 0.196. The van der Waals surface area contributed by atoms with E-state index >= 15 is 0 Å². The van der Waals surface area contributed by atoms with E-state index in [1.165, 1.54) is 26.1 Å². The van der Waals surface area contributed by atoms with E-state index in [1.54, 1.807) is 0 Å². The normalized spacial score (nSPS) is 12.8. The van der Waals surface area contributed by atoms with Gasteiger partial charge in [-0.3, -0.25) is 9.63 Å². The molecule has 0 aromatic heterocycles. The van der Waals surface area contributed by atoms with Gasteiger partial charge in [0.25, 0.3) is 5.91 Å². The molecule has 1 N–H and O–H groups in total. The van der Waals surface area contributed by atoms with Crippen molar-refractivity contribution in [2.45, 2.75) is 12.0 Å². The van der Waals surface area contributed by atoms with Gasteiger partial charge in [0.1, 0.15) is 6.61 Å². The second kappa shape index (κ2) is 10.7. The Bertz CT molecular complexity index is 1060. The molecule has 3 aromatic rings. The third kappa shape index (κ3) is 5.63. The molecule has 168 valence electrons. The first-order chi connectivity index (χ1) is 15.4. The van der Waals surface area contributed by atoms with E-state index in [9.17, 15) is 14.7 Å². The summed E-state index contributed by atoms with van der Waals surface area (Å²) < 4.78 is 6.13. The van der Waals surface area contributed by atoms with Crippen LogP contribution in [-0.4, -0.2) is 61.4 Å². The van der Waals surface area contributed by atoms with E-state index in [-0.39, 0.29) is 25.0 Å². The summed E-state index contributed by atoms with van der Waals surface area (Å²) in [5, 5.41) is 12.8. The lowest BCUT2D eigenvalue weighted by molar-refractivity contribution is -0.175. The highest BCUT2D eigenvalue weighted by Crippen LogP contribution is 2.36. The average Bonchev–Trinajstić information content (AvgIpc) is 2.82. The van der Waals surface area contributed by atoms with Crippen LogP contribution < -0.4 is 0 Å². The summed E-state index contributed by atoms with van der Waals surface area (Å²) in [6, 6.07) is 23.6. The second-order valence-corrected chi connectivity index (χ2v) is 7.59. The van der Waals surface area contributed by atoms with E-state index in [4.69, 9.17) is 9.57 Å². The maximum absolute atomic E-state index is 12.3. The minimum Gasteiger partial charge on any atom is -0.465 e. The number of nitrogens with zero attached hydrogens (tertiary/aromatic N) is 2. The molecule has 0 spiro atoms. The first kappa shape index (κ1) is 23.2. The predicted octanol–water partition coefficient (Wildman–Crippen LogP) is 4.31. The van der Waals surface area contributed by atoms with Crippen molar-refractivity contribution >= 4 is 22.8 Å². The largest absolute Gasteiger partial charge is 0.465 e. The van der Waals surface area contributed by atoms with E-state index in [2.05, 4.69) is 6.07 Å². The van der Waals surface area contributed by atoms with Crippen molar-refractivity contribution in [1.29, 1.82) is 0 Å². The van der Waals surface area contributed by atoms with Crippen LogP contribution in [0.15, 0.2) is 72.8 Å². The van der Waals surface area contributed by atoms with Crippen molar-refractivity contribution in [3.05, 3.63) is 83.9 Å². The zero-order chi connectivity index (χ0) is 23.1. The molecule has 0 radical (unpaired) electrons. The molecule has 0 aliphatic rings. The quantitative estimate of drug-likeness (QED) is 0.506. The molecule has 2 amide bonds. The molecule has 3 rings (SSSR count). The van der Waals surface area contributed by atoms with Crippen molar-refractivity contribution in [2.24, 2.45) is 0 Å². The molecule has 7 nitrogen and oxygen atoms in total. The number of carboxylic acid groups (broad SMARTS) is 1. The van der Waals surface area contributed by atoms with Crippen molar-refractivity contribution < 1.29 is 24.3 Å². The number of ether oxygens (including phenoxy) is 1. The molecular weight excluding hydrogens is 408 g/mol. The third-order valence-electron chi connectivity index (χ3n) is 5.50. The molecule has 0 aliphatic carbocycles. The Kier molecular flexibility index (Phi) is 7.81. The lowest BCUT2D eigenvalue weighted by atomic mass is 9.87. The lowest BCUT2D eigenvalue weighted by Gasteiger charge is -2.31. The molecule has 0 unspecified atom stereocenters. The van der Waals surface area contributed by atoms with Gasteiger partial charge >= 0.3 is 6.09 Å². The second-order valence-electron chi connectivity index (χ2n) is 7.59. The van der Waals surface area contributed by atoms with Crippen LogP contribution in [0.5, 0.6) is 0 Å². The molecular formula is C25H28N2O5. The topological polar surface area (TPSA) is 79.3 Å². The fraction of sp³-hybridized carbons (Fsp3) is 0.280. The summed E-state index contributed by atoms with van der Waals surface area (Å²) >= 11 is 0. The number of hydroxylamine groups is 2. The van der Waals surface area contributed by atoms with Gasteiger partial charge in [-0.15, -0.1) is 0 Å².